The van der Waals surface area contributed by atoms with Crippen molar-refractivity contribution in [1.29, 1.82) is 0 Å². The van der Waals surface area contributed by atoms with Gasteiger partial charge in [0, 0.05) is 28.9 Å². The summed E-state index contributed by atoms with van der Waals surface area (Å²) >= 11 is 5.92. The van der Waals surface area contributed by atoms with Crippen molar-refractivity contribution in [2.45, 2.75) is 13.0 Å². The van der Waals surface area contributed by atoms with Crippen LogP contribution in [0.2, 0.25) is 5.02 Å². The molecule has 2 heterocycles. The number of halogens is 1. The van der Waals surface area contributed by atoms with Gasteiger partial charge in [-0.1, -0.05) is 11.6 Å². The number of carbonyl (C=O) groups excluding carboxylic acids is 3. The fourth-order valence-corrected chi connectivity index (χ4v) is 3.61. The van der Waals surface area contributed by atoms with Gasteiger partial charge in [0.1, 0.15) is 17.6 Å². The third-order valence-electron chi connectivity index (χ3n) is 4.84. The third kappa shape index (κ3) is 3.83. The molecular formula is C23H17ClN2O5. The average Bonchev–Trinajstić information content (AvgIpc) is 3.36. The summed E-state index contributed by atoms with van der Waals surface area (Å²) in [6, 6.07) is 15.0. The molecule has 0 bridgehead atoms. The van der Waals surface area contributed by atoms with Crippen LogP contribution < -0.4 is 10.2 Å². The number of aliphatic hydroxyl groups excluding tert-OH is 1. The second kappa shape index (κ2) is 8.12. The predicted molar refractivity (Wildman–Crippen MR) is 116 cm³/mol. The number of furan rings is 1. The Balaban J connectivity index is 1.83. The zero-order valence-corrected chi connectivity index (χ0v) is 17.1. The molecule has 0 radical (unpaired) electrons. The molecule has 1 unspecified atom stereocenters. The molecule has 1 fully saturated rings. The van der Waals surface area contributed by atoms with Gasteiger partial charge in [-0.05, 0) is 60.7 Å². The highest BCUT2D eigenvalue weighted by atomic mass is 35.5. The van der Waals surface area contributed by atoms with Gasteiger partial charge in [-0.15, -0.1) is 0 Å². The van der Waals surface area contributed by atoms with E-state index >= 15 is 0 Å². The molecule has 0 saturated carbocycles. The highest BCUT2D eigenvalue weighted by Crippen LogP contribution is 2.42. The number of benzene rings is 2. The molecule has 0 spiro atoms. The van der Waals surface area contributed by atoms with Crippen molar-refractivity contribution in [3.8, 4) is 0 Å². The molecular weight excluding hydrogens is 420 g/mol. The van der Waals surface area contributed by atoms with Crippen LogP contribution in [-0.4, -0.2) is 22.7 Å². The number of ketones is 1. The van der Waals surface area contributed by atoms with Gasteiger partial charge in [0.2, 0.25) is 5.91 Å². The van der Waals surface area contributed by atoms with Gasteiger partial charge in [-0.25, -0.2) is 0 Å². The Morgan fingerprint density at radius 2 is 1.74 bits per heavy atom. The molecule has 8 heteroatoms. The summed E-state index contributed by atoms with van der Waals surface area (Å²) in [6.07, 6.45) is 1.43. The van der Waals surface area contributed by atoms with Crippen LogP contribution in [-0.2, 0) is 14.4 Å². The number of amides is 2. The van der Waals surface area contributed by atoms with E-state index in [0.29, 0.717) is 27.7 Å². The molecule has 1 aromatic heterocycles. The molecule has 7 nitrogen and oxygen atoms in total. The van der Waals surface area contributed by atoms with Crippen LogP contribution in [0, 0.1) is 0 Å². The number of hydrogen-bond donors (Lipinski definition) is 2. The first-order valence-corrected chi connectivity index (χ1v) is 9.72. The van der Waals surface area contributed by atoms with Crippen molar-refractivity contribution in [3.05, 3.63) is 88.8 Å². The first-order valence-electron chi connectivity index (χ1n) is 9.35. The minimum atomic E-state index is -0.961. The quantitative estimate of drug-likeness (QED) is 0.356. The molecule has 31 heavy (non-hydrogen) atoms. The average molecular weight is 437 g/mol. The number of rotatable bonds is 4. The van der Waals surface area contributed by atoms with Crippen molar-refractivity contribution >= 4 is 46.3 Å². The van der Waals surface area contributed by atoms with E-state index in [9.17, 15) is 19.5 Å². The number of hydrogen-bond acceptors (Lipinski definition) is 5. The second-order valence-corrected chi connectivity index (χ2v) is 7.36. The topological polar surface area (TPSA) is 99.9 Å². The molecule has 2 amide bonds. The van der Waals surface area contributed by atoms with Crippen LogP contribution in [0.5, 0.6) is 0 Å². The monoisotopic (exact) mass is 436 g/mol. The van der Waals surface area contributed by atoms with E-state index in [1.54, 1.807) is 60.7 Å². The fourth-order valence-electron chi connectivity index (χ4n) is 3.49. The first-order chi connectivity index (χ1) is 14.9. The van der Waals surface area contributed by atoms with Crippen molar-refractivity contribution in [2.75, 3.05) is 10.2 Å². The van der Waals surface area contributed by atoms with Gasteiger partial charge in [0.15, 0.2) is 0 Å². The van der Waals surface area contributed by atoms with Crippen LogP contribution in [0.15, 0.2) is 76.9 Å². The lowest BCUT2D eigenvalue weighted by Crippen LogP contribution is -2.29. The van der Waals surface area contributed by atoms with E-state index in [4.69, 9.17) is 16.0 Å². The van der Waals surface area contributed by atoms with Gasteiger partial charge >= 0.3 is 0 Å². The standard InChI is InChI=1S/C23H17ClN2O5/c1-13(27)25-16-8-10-17(11-9-16)26-20(18-3-2-12-31-18)19(22(29)23(26)30)21(28)14-4-6-15(24)7-5-14/h2-12,20,28H,1H3,(H,25,27)/b21-19-. The predicted octanol–water partition coefficient (Wildman–Crippen LogP) is 4.52. The minimum Gasteiger partial charge on any atom is -0.507 e. The molecule has 156 valence electrons. The maximum atomic E-state index is 13.0. The normalized spacial score (nSPS) is 17.7. The van der Waals surface area contributed by atoms with Gasteiger partial charge in [-0.2, -0.15) is 0 Å². The van der Waals surface area contributed by atoms with Gasteiger partial charge in [0.05, 0.1) is 11.8 Å². The van der Waals surface area contributed by atoms with E-state index in [0.717, 1.165) is 0 Å². The number of nitrogens with zero attached hydrogens (tertiary/aromatic N) is 1. The van der Waals surface area contributed by atoms with Gasteiger partial charge in [-0.3, -0.25) is 19.3 Å². The maximum absolute atomic E-state index is 13.0. The lowest BCUT2D eigenvalue weighted by molar-refractivity contribution is -0.132. The highest BCUT2D eigenvalue weighted by molar-refractivity contribution is 6.51. The summed E-state index contributed by atoms with van der Waals surface area (Å²) in [6.45, 7) is 1.39. The maximum Gasteiger partial charge on any atom is 0.300 e. The molecule has 1 aliphatic heterocycles. The van der Waals surface area contributed by atoms with E-state index in [1.807, 2.05) is 0 Å². The molecule has 1 aliphatic rings. The fraction of sp³-hybridized carbons (Fsp3) is 0.0870. The molecule has 2 aromatic carbocycles. The lowest BCUT2D eigenvalue weighted by atomic mass is 9.99. The van der Waals surface area contributed by atoms with Crippen LogP contribution in [0.25, 0.3) is 5.76 Å². The summed E-state index contributed by atoms with van der Waals surface area (Å²) in [7, 11) is 0. The number of carbonyl (C=O) groups is 3. The summed E-state index contributed by atoms with van der Waals surface area (Å²) < 4.78 is 5.51. The number of anilines is 2. The van der Waals surface area contributed by atoms with Crippen molar-refractivity contribution < 1.29 is 23.9 Å². The number of Topliss-reactive ketones (excluding diaryl/α,β-unsaturated/α-hetero) is 1. The zero-order valence-electron chi connectivity index (χ0n) is 16.3. The van der Waals surface area contributed by atoms with E-state index in [-0.39, 0.29) is 17.2 Å². The highest BCUT2D eigenvalue weighted by Gasteiger charge is 2.48. The van der Waals surface area contributed by atoms with E-state index in [1.165, 1.54) is 18.1 Å². The SMILES string of the molecule is CC(=O)Nc1ccc(N2C(=O)C(=O)/C(=C(\O)c3ccc(Cl)cc3)C2c2ccco2)cc1. The first kappa shape index (κ1) is 20.4. The largest absolute Gasteiger partial charge is 0.507 e. The minimum absolute atomic E-state index is 0.0896. The summed E-state index contributed by atoms with van der Waals surface area (Å²) in [5, 5.41) is 14.0. The van der Waals surface area contributed by atoms with Crippen LogP contribution in [0.3, 0.4) is 0 Å². The van der Waals surface area contributed by atoms with Gasteiger partial charge < -0.3 is 14.8 Å². The lowest BCUT2D eigenvalue weighted by Gasteiger charge is -2.23. The van der Waals surface area contributed by atoms with E-state index in [2.05, 4.69) is 5.32 Å². The Morgan fingerprint density at radius 3 is 2.32 bits per heavy atom. The molecule has 4 rings (SSSR count). The smallest absolute Gasteiger partial charge is 0.300 e. The number of aliphatic hydroxyl groups is 1. The van der Waals surface area contributed by atoms with Crippen LogP contribution in [0.1, 0.15) is 24.3 Å². The Hall–Kier alpha value is -3.84. The van der Waals surface area contributed by atoms with Crippen molar-refractivity contribution in [3.63, 3.8) is 0 Å². The van der Waals surface area contributed by atoms with Crippen LogP contribution >= 0.6 is 11.6 Å². The Morgan fingerprint density at radius 1 is 1.06 bits per heavy atom. The molecule has 1 atom stereocenters. The molecule has 3 aromatic rings. The number of nitrogens with one attached hydrogen (secondary N) is 1. The van der Waals surface area contributed by atoms with Crippen molar-refractivity contribution in [2.24, 2.45) is 0 Å². The second-order valence-electron chi connectivity index (χ2n) is 6.92. The summed E-state index contributed by atoms with van der Waals surface area (Å²) in [5.41, 5.74) is 1.21. The summed E-state index contributed by atoms with van der Waals surface area (Å²) in [4.78, 5) is 38.4. The zero-order chi connectivity index (χ0) is 22.1. The molecule has 0 aliphatic carbocycles. The third-order valence-corrected chi connectivity index (χ3v) is 5.09. The molecule has 1 saturated heterocycles. The van der Waals surface area contributed by atoms with Crippen molar-refractivity contribution in [1.82, 2.24) is 0 Å². The molecule has 2 N–H and O–H groups in total. The Labute approximate surface area is 182 Å². The summed E-state index contributed by atoms with van der Waals surface area (Å²) in [5.74, 6) is -1.87. The Kier molecular flexibility index (Phi) is 5.35. The van der Waals surface area contributed by atoms with Gasteiger partial charge in [0.25, 0.3) is 11.7 Å². The van der Waals surface area contributed by atoms with E-state index < -0.39 is 17.7 Å². The van der Waals surface area contributed by atoms with Crippen LogP contribution in [0.4, 0.5) is 11.4 Å². The Bertz CT molecular complexity index is 1180.